The molecule has 4 rings (SSSR count). The molecule has 1 aromatic heterocycles. The molecule has 0 unspecified atom stereocenters. The molecule has 4 aromatic rings. The molecule has 0 saturated heterocycles. The lowest BCUT2D eigenvalue weighted by atomic mass is 10.1. The van der Waals surface area contributed by atoms with Gasteiger partial charge in [-0.3, -0.25) is 9.10 Å². The van der Waals surface area contributed by atoms with Gasteiger partial charge in [-0.2, -0.15) is 5.10 Å². The maximum atomic E-state index is 12.6. The normalized spacial score (nSPS) is 11.5. The second kappa shape index (κ2) is 10.6. The van der Waals surface area contributed by atoms with Gasteiger partial charge in [0.2, 0.25) is 10.0 Å². The quantitative estimate of drug-likeness (QED) is 0.278. The number of benzene rings is 3. The summed E-state index contributed by atoms with van der Waals surface area (Å²) >= 11 is 0. The Hall–Kier alpha value is -4.17. The lowest BCUT2D eigenvalue weighted by molar-refractivity contribution is 0.0955. The highest BCUT2D eigenvalue weighted by Crippen LogP contribution is 2.21. The lowest BCUT2D eigenvalue weighted by Crippen LogP contribution is -2.29. The number of aryl methyl sites for hydroxylation is 1. The highest BCUT2D eigenvalue weighted by Gasteiger charge is 2.18. The van der Waals surface area contributed by atoms with E-state index >= 15 is 0 Å². The zero-order valence-electron chi connectivity index (χ0n) is 20.4. The summed E-state index contributed by atoms with van der Waals surface area (Å²) in [5.41, 5.74) is 8.41. The Kier molecular flexibility index (Phi) is 7.36. The van der Waals surface area contributed by atoms with E-state index in [1.165, 1.54) is 10.6 Å². The molecule has 0 aliphatic rings. The van der Waals surface area contributed by atoms with E-state index in [1.807, 2.05) is 56.3 Å². The van der Waals surface area contributed by atoms with Crippen molar-refractivity contribution in [3.63, 3.8) is 0 Å². The summed E-state index contributed by atoms with van der Waals surface area (Å²) in [6.07, 6.45) is 2.81. The predicted molar refractivity (Wildman–Crippen MR) is 144 cm³/mol. The highest BCUT2D eigenvalue weighted by atomic mass is 32.2. The van der Waals surface area contributed by atoms with Crippen LogP contribution in [0.4, 0.5) is 5.69 Å². The van der Waals surface area contributed by atoms with E-state index in [4.69, 9.17) is 0 Å². The Morgan fingerprint density at radius 3 is 2.17 bits per heavy atom. The van der Waals surface area contributed by atoms with E-state index < -0.39 is 10.0 Å². The number of hydrogen-bond acceptors (Lipinski definition) is 4. The van der Waals surface area contributed by atoms with Crippen molar-refractivity contribution in [2.24, 2.45) is 5.10 Å². The third-order valence-electron chi connectivity index (χ3n) is 5.84. The van der Waals surface area contributed by atoms with Gasteiger partial charge in [0.05, 0.1) is 24.7 Å². The van der Waals surface area contributed by atoms with E-state index in [-0.39, 0.29) is 12.5 Å². The van der Waals surface area contributed by atoms with Gasteiger partial charge in [0, 0.05) is 28.2 Å². The van der Waals surface area contributed by atoms with Crippen LogP contribution in [-0.2, 0) is 16.6 Å². The van der Waals surface area contributed by atoms with Gasteiger partial charge in [0.1, 0.15) is 0 Å². The minimum absolute atomic E-state index is 0.167. The fourth-order valence-corrected chi connectivity index (χ4v) is 4.93. The summed E-state index contributed by atoms with van der Waals surface area (Å²) in [4.78, 5) is 12.6. The number of aromatic nitrogens is 1. The monoisotopic (exact) mass is 500 g/mol. The number of nitrogens with one attached hydrogen (secondary N) is 1. The molecule has 3 aromatic carbocycles. The minimum atomic E-state index is -3.47. The highest BCUT2D eigenvalue weighted by molar-refractivity contribution is 7.92. The Morgan fingerprint density at radius 1 is 0.944 bits per heavy atom. The van der Waals surface area contributed by atoms with Crippen LogP contribution in [0.5, 0.6) is 0 Å². The number of hydrogen-bond donors (Lipinski definition) is 1. The minimum Gasteiger partial charge on any atom is -0.318 e. The number of nitrogens with zero attached hydrogens (tertiary/aromatic N) is 3. The Bertz CT molecular complexity index is 1480. The summed E-state index contributed by atoms with van der Waals surface area (Å²) < 4.78 is 28.1. The van der Waals surface area contributed by atoms with Gasteiger partial charge in [0.25, 0.3) is 5.91 Å². The topological polar surface area (TPSA) is 83.8 Å². The molecule has 1 N–H and O–H groups in total. The van der Waals surface area contributed by atoms with Gasteiger partial charge in [0.15, 0.2) is 0 Å². The zero-order valence-corrected chi connectivity index (χ0v) is 21.2. The molecular weight excluding hydrogens is 472 g/mol. The van der Waals surface area contributed by atoms with E-state index in [0.29, 0.717) is 11.3 Å². The Labute approximate surface area is 211 Å². The van der Waals surface area contributed by atoms with Crippen molar-refractivity contribution in [1.29, 1.82) is 0 Å². The predicted octanol–water partition coefficient (Wildman–Crippen LogP) is 4.82. The maximum absolute atomic E-state index is 12.6. The SMILES string of the molecule is Cc1cc(/C=N/NC(=O)c2ccc(CN(c3ccccc3)S(C)(=O)=O)cc2)c(C)n1-c1ccccc1. The van der Waals surface area contributed by atoms with Crippen LogP contribution in [0.1, 0.15) is 32.9 Å². The molecule has 0 spiro atoms. The molecule has 1 heterocycles. The van der Waals surface area contributed by atoms with Gasteiger partial charge in [-0.15, -0.1) is 0 Å². The third kappa shape index (κ3) is 5.72. The molecule has 8 heteroatoms. The van der Waals surface area contributed by atoms with E-state index in [1.54, 1.807) is 54.7 Å². The molecule has 0 radical (unpaired) electrons. The van der Waals surface area contributed by atoms with Crippen molar-refractivity contribution < 1.29 is 13.2 Å². The van der Waals surface area contributed by atoms with Crippen molar-refractivity contribution >= 4 is 27.8 Å². The molecule has 1 amide bonds. The molecule has 0 bridgehead atoms. The van der Waals surface area contributed by atoms with E-state index in [9.17, 15) is 13.2 Å². The summed E-state index contributed by atoms with van der Waals surface area (Å²) in [6.45, 7) is 4.21. The van der Waals surface area contributed by atoms with Crippen molar-refractivity contribution in [3.05, 3.63) is 119 Å². The number of rotatable bonds is 8. The van der Waals surface area contributed by atoms with Crippen LogP contribution in [0.2, 0.25) is 0 Å². The number of sulfonamides is 1. The number of carbonyl (C=O) groups is 1. The molecule has 0 aliphatic carbocycles. The summed E-state index contributed by atoms with van der Waals surface area (Å²) in [5.74, 6) is -0.349. The van der Waals surface area contributed by atoms with Crippen LogP contribution >= 0.6 is 0 Å². The molecule has 0 fully saturated rings. The summed E-state index contributed by atoms with van der Waals surface area (Å²) in [5, 5.41) is 4.14. The van der Waals surface area contributed by atoms with Crippen LogP contribution in [0.15, 0.2) is 96.1 Å². The van der Waals surface area contributed by atoms with Crippen molar-refractivity contribution in [3.8, 4) is 5.69 Å². The van der Waals surface area contributed by atoms with Crippen LogP contribution in [0.3, 0.4) is 0 Å². The summed E-state index contributed by atoms with van der Waals surface area (Å²) in [7, 11) is -3.47. The van der Waals surface area contributed by atoms with Crippen LogP contribution < -0.4 is 9.73 Å². The first-order valence-electron chi connectivity index (χ1n) is 11.4. The zero-order chi connectivity index (χ0) is 25.7. The molecule has 7 nitrogen and oxygen atoms in total. The molecule has 0 atom stereocenters. The standard InChI is InChI=1S/C28H28N4O3S/c1-21-18-25(22(2)32(21)27-12-8-5-9-13-27)19-29-30-28(33)24-16-14-23(15-17-24)20-31(36(3,34)35)26-10-6-4-7-11-26/h4-19H,20H2,1-3H3,(H,30,33)/b29-19+. The van der Waals surface area contributed by atoms with Gasteiger partial charge >= 0.3 is 0 Å². The fourth-order valence-electron chi connectivity index (χ4n) is 4.04. The summed E-state index contributed by atoms with van der Waals surface area (Å²) in [6, 6.07) is 27.8. The molecule has 184 valence electrons. The average molecular weight is 501 g/mol. The first-order valence-corrected chi connectivity index (χ1v) is 13.3. The maximum Gasteiger partial charge on any atom is 0.271 e. The number of para-hydroxylation sites is 2. The average Bonchev–Trinajstić information content (AvgIpc) is 3.15. The van der Waals surface area contributed by atoms with E-state index in [2.05, 4.69) is 15.1 Å². The number of amides is 1. The largest absolute Gasteiger partial charge is 0.318 e. The van der Waals surface area contributed by atoms with E-state index in [0.717, 1.165) is 28.2 Å². The smallest absolute Gasteiger partial charge is 0.271 e. The lowest BCUT2D eigenvalue weighted by Gasteiger charge is -2.22. The van der Waals surface area contributed by atoms with Crippen LogP contribution in [0.25, 0.3) is 5.69 Å². The van der Waals surface area contributed by atoms with Crippen molar-refractivity contribution in [1.82, 2.24) is 9.99 Å². The van der Waals surface area contributed by atoms with Gasteiger partial charge in [-0.1, -0.05) is 48.5 Å². The molecule has 0 saturated carbocycles. The Morgan fingerprint density at radius 2 is 1.56 bits per heavy atom. The Balaban J connectivity index is 1.43. The number of carbonyl (C=O) groups excluding carboxylic acids is 1. The second-order valence-corrected chi connectivity index (χ2v) is 10.4. The first-order chi connectivity index (χ1) is 17.2. The molecule has 0 aliphatic heterocycles. The number of hydrazone groups is 1. The van der Waals surface area contributed by atoms with Crippen LogP contribution in [-0.4, -0.2) is 31.4 Å². The van der Waals surface area contributed by atoms with Gasteiger partial charge in [-0.05, 0) is 61.9 Å². The fraction of sp³-hybridized carbons (Fsp3) is 0.143. The number of anilines is 1. The second-order valence-electron chi connectivity index (χ2n) is 8.50. The molecule has 36 heavy (non-hydrogen) atoms. The third-order valence-corrected chi connectivity index (χ3v) is 6.98. The van der Waals surface area contributed by atoms with Gasteiger partial charge < -0.3 is 4.57 Å². The molecular formula is C28H28N4O3S. The van der Waals surface area contributed by atoms with Gasteiger partial charge in [-0.25, -0.2) is 13.8 Å². The van der Waals surface area contributed by atoms with Crippen molar-refractivity contribution in [2.45, 2.75) is 20.4 Å². The first kappa shape index (κ1) is 24.9. The van der Waals surface area contributed by atoms with Crippen LogP contribution in [0, 0.1) is 13.8 Å². The van der Waals surface area contributed by atoms with Crippen molar-refractivity contribution in [2.75, 3.05) is 10.6 Å².